The second kappa shape index (κ2) is 5.79. The molecule has 1 amide bonds. The number of ether oxygens (including phenoxy) is 1. The van der Waals surface area contributed by atoms with E-state index in [1.165, 1.54) is 0 Å². The summed E-state index contributed by atoms with van der Waals surface area (Å²) in [5.74, 6) is 1.56. The third-order valence-electron chi connectivity index (χ3n) is 4.50. The van der Waals surface area contributed by atoms with Crippen LogP contribution < -0.4 is 0 Å². The van der Waals surface area contributed by atoms with Gasteiger partial charge in [-0.15, -0.1) is 0 Å². The summed E-state index contributed by atoms with van der Waals surface area (Å²) in [5, 5.41) is 4.10. The highest BCUT2D eigenvalue weighted by Crippen LogP contribution is 2.38. The molecule has 2 aliphatic rings. The molecule has 5 heteroatoms. The topological polar surface area (TPSA) is 55.6 Å². The molecular weight excluding hydrogens is 268 g/mol. The molecule has 0 bridgehead atoms. The van der Waals surface area contributed by atoms with Crippen molar-refractivity contribution in [2.24, 2.45) is 11.3 Å². The number of amides is 1. The normalized spacial score (nSPS) is 26.2. The number of hydrogen-bond acceptors (Lipinski definition) is 4. The molecule has 0 aliphatic carbocycles. The Balaban J connectivity index is 1.65. The fourth-order valence-electron chi connectivity index (χ4n) is 3.35. The summed E-state index contributed by atoms with van der Waals surface area (Å²) in [6.07, 6.45) is 3.55. The molecule has 0 aromatic carbocycles. The average molecular weight is 292 g/mol. The largest absolute Gasteiger partial charge is 0.381 e. The molecule has 1 aromatic heterocycles. The quantitative estimate of drug-likeness (QED) is 0.855. The molecule has 0 unspecified atom stereocenters. The zero-order chi connectivity index (χ0) is 14.9. The van der Waals surface area contributed by atoms with E-state index in [9.17, 15) is 4.79 Å². The van der Waals surface area contributed by atoms with Crippen molar-refractivity contribution in [2.45, 2.75) is 46.1 Å². The highest BCUT2D eigenvalue weighted by Gasteiger charge is 2.41. The average Bonchev–Trinajstić information content (AvgIpc) is 3.04. The van der Waals surface area contributed by atoms with E-state index in [-0.39, 0.29) is 11.3 Å². The molecule has 1 aromatic rings. The van der Waals surface area contributed by atoms with E-state index in [4.69, 9.17) is 9.26 Å². The van der Waals surface area contributed by atoms with Crippen molar-refractivity contribution in [3.8, 4) is 0 Å². The number of rotatable bonds is 4. The van der Waals surface area contributed by atoms with Crippen LogP contribution in [0.4, 0.5) is 0 Å². The molecule has 1 spiro atoms. The van der Waals surface area contributed by atoms with Crippen LogP contribution in [0.15, 0.2) is 10.6 Å². The maximum Gasteiger partial charge on any atom is 0.223 e. The number of hydrogen-bond donors (Lipinski definition) is 0. The van der Waals surface area contributed by atoms with Crippen molar-refractivity contribution in [1.82, 2.24) is 10.1 Å². The molecule has 0 saturated carbocycles. The molecule has 2 saturated heterocycles. The molecule has 21 heavy (non-hydrogen) atoms. The third-order valence-corrected chi connectivity index (χ3v) is 4.50. The van der Waals surface area contributed by atoms with Gasteiger partial charge in [0.05, 0.1) is 18.8 Å². The molecule has 2 aliphatic heterocycles. The zero-order valence-corrected chi connectivity index (χ0v) is 12.9. The lowest BCUT2D eigenvalue weighted by atomic mass is 9.79. The molecule has 0 radical (unpaired) electrons. The Bertz CT molecular complexity index is 503. The SMILES string of the molecule is CC(C)Cc1cc(CN2C[C@@]3(CCOC3)CCC2=O)on1. The highest BCUT2D eigenvalue weighted by molar-refractivity contribution is 5.77. The van der Waals surface area contributed by atoms with Gasteiger partial charge in [-0.1, -0.05) is 19.0 Å². The minimum absolute atomic E-state index is 0.175. The molecule has 3 heterocycles. The van der Waals surface area contributed by atoms with Gasteiger partial charge in [-0.2, -0.15) is 0 Å². The summed E-state index contributed by atoms with van der Waals surface area (Å²) in [6.45, 7) is 7.24. The zero-order valence-electron chi connectivity index (χ0n) is 12.9. The summed E-state index contributed by atoms with van der Waals surface area (Å²) in [4.78, 5) is 14.1. The van der Waals surface area contributed by atoms with E-state index in [0.29, 0.717) is 18.9 Å². The van der Waals surface area contributed by atoms with Gasteiger partial charge in [-0.05, 0) is 25.2 Å². The number of piperidine rings is 1. The van der Waals surface area contributed by atoms with E-state index in [1.807, 2.05) is 11.0 Å². The first-order valence-electron chi connectivity index (χ1n) is 7.86. The highest BCUT2D eigenvalue weighted by atomic mass is 16.5. The van der Waals surface area contributed by atoms with Crippen molar-refractivity contribution in [1.29, 1.82) is 0 Å². The number of likely N-dealkylation sites (tertiary alicyclic amines) is 1. The first kappa shape index (κ1) is 14.6. The van der Waals surface area contributed by atoms with Gasteiger partial charge in [0.25, 0.3) is 0 Å². The number of nitrogens with zero attached hydrogens (tertiary/aromatic N) is 2. The monoisotopic (exact) mass is 292 g/mol. The van der Waals surface area contributed by atoms with E-state index >= 15 is 0 Å². The molecule has 2 fully saturated rings. The Labute approximate surface area is 125 Å². The van der Waals surface area contributed by atoms with Crippen molar-refractivity contribution in [2.75, 3.05) is 19.8 Å². The van der Waals surface area contributed by atoms with Crippen LogP contribution in [-0.2, 0) is 22.5 Å². The summed E-state index contributed by atoms with van der Waals surface area (Å²) >= 11 is 0. The van der Waals surface area contributed by atoms with Gasteiger partial charge in [0.15, 0.2) is 5.76 Å². The molecule has 5 nitrogen and oxygen atoms in total. The van der Waals surface area contributed by atoms with Gasteiger partial charge >= 0.3 is 0 Å². The minimum atomic E-state index is 0.175. The van der Waals surface area contributed by atoms with Gasteiger partial charge in [0.1, 0.15) is 0 Å². The lowest BCUT2D eigenvalue weighted by Gasteiger charge is -2.38. The Morgan fingerprint density at radius 1 is 1.43 bits per heavy atom. The molecule has 3 rings (SSSR count). The van der Waals surface area contributed by atoms with Crippen LogP contribution >= 0.6 is 0 Å². The lowest BCUT2D eigenvalue weighted by molar-refractivity contribution is -0.138. The fraction of sp³-hybridized carbons (Fsp3) is 0.750. The minimum Gasteiger partial charge on any atom is -0.381 e. The Kier molecular flexibility index (Phi) is 4.02. The molecular formula is C16H24N2O3. The van der Waals surface area contributed by atoms with Crippen LogP contribution in [0.3, 0.4) is 0 Å². The maximum absolute atomic E-state index is 12.1. The summed E-state index contributed by atoms with van der Waals surface area (Å²) in [6, 6.07) is 1.99. The fourth-order valence-corrected chi connectivity index (χ4v) is 3.35. The van der Waals surface area contributed by atoms with Crippen molar-refractivity contribution >= 4 is 5.91 Å². The maximum atomic E-state index is 12.1. The standard InChI is InChI=1S/C16H24N2O3/c1-12(2)7-13-8-14(21-17-13)9-18-10-16(4-3-15(18)19)5-6-20-11-16/h8,12H,3-7,9-11H2,1-2H3/t16-/m0/s1. The van der Waals surface area contributed by atoms with Crippen LogP contribution in [0, 0.1) is 11.3 Å². The van der Waals surface area contributed by atoms with Crippen LogP contribution in [-0.4, -0.2) is 35.7 Å². The van der Waals surface area contributed by atoms with Gasteiger partial charge in [0.2, 0.25) is 5.91 Å². The van der Waals surface area contributed by atoms with Gasteiger partial charge in [-0.3, -0.25) is 4.79 Å². The van der Waals surface area contributed by atoms with Crippen LogP contribution in [0.5, 0.6) is 0 Å². The first-order chi connectivity index (χ1) is 10.1. The van der Waals surface area contributed by atoms with Gasteiger partial charge in [-0.25, -0.2) is 0 Å². The van der Waals surface area contributed by atoms with Crippen LogP contribution in [0.25, 0.3) is 0 Å². The predicted molar refractivity (Wildman–Crippen MR) is 77.6 cm³/mol. The Morgan fingerprint density at radius 2 is 2.29 bits per heavy atom. The molecule has 0 N–H and O–H groups in total. The Morgan fingerprint density at radius 3 is 3.00 bits per heavy atom. The first-order valence-corrected chi connectivity index (χ1v) is 7.86. The van der Waals surface area contributed by atoms with E-state index < -0.39 is 0 Å². The van der Waals surface area contributed by atoms with Crippen LogP contribution in [0.1, 0.15) is 44.6 Å². The second-order valence-electron chi connectivity index (χ2n) is 6.93. The van der Waals surface area contributed by atoms with E-state index in [0.717, 1.165) is 50.5 Å². The smallest absolute Gasteiger partial charge is 0.223 e. The lowest BCUT2D eigenvalue weighted by Crippen LogP contribution is -2.46. The van der Waals surface area contributed by atoms with Crippen molar-refractivity contribution < 1.29 is 14.1 Å². The third kappa shape index (κ3) is 3.28. The second-order valence-corrected chi connectivity index (χ2v) is 6.93. The van der Waals surface area contributed by atoms with E-state index in [1.54, 1.807) is 0 Å². The van der Waals surface area contributed by atoms with Crippen molar-refractivity contribution in [3.63, 3.8) is 0 Å². The van der Waals surface area contributed by atoms with Crippen molar-refractivity contribution in [3.05, 3.63) is 17.5 Å². The number of aromatic nitrogens is 1. The predicted octanol–water partition coefficient (Wildman–Crippen LogP) is 2.40. The summed E-state index contributed by atoms with van der Waals surface area (Å²) < 4.78 is 10.9. The molecule has 1 atom stereocenters. The van der Waals surface area contributed by atoms with E-state index in [2.05, 4.69) is 19.0 Å². The Hall–Kier alpha value is -1.36. The van der Waals surface area contributed by atoms with Gasteiger partial charge in [0, 0.05) is 31.1 Å². The summed E-state index contributed by atoms with van der Waals surface area (Å²) in [7, 11) is 0. The number of carbonyl (C=O) groups is 1. The number of carbonyl (C=O) groups excluding carboxylic acids is 1. The van der Waals surface area contributed by atoms with Crippen LogP contribution in [0.2, 0.25) is 0 Å². The summed E-state index contributed by atoms with van der Waals surface area (Å²) in [5.41, 5.74) is 1.15. The molecule has 116 valence electrons. The van der Waals surface area contributed by atoms with Gasteiger partial charge < -0.3 is 14.2 Å².